The average molecular weight is 447 g/mol. The number of nitrogens with one attached hydrogen (secondary N) is 1. The molecule has 182 valence electrons. The molecule has 1 saturated heterocycles. The van der Waals surface area contributed by atoms with E-state index >= 15 is 0 Å². The Kier molecular flexibility index (Phi) is 10.7. The molecule has 0 aliphatic carbocycles. The van der Waals surface area contributed by atoms with Gasteiger partial charge in [-0.1, -0.05) is 45.0 Å². The monoisotopic (exact) mass is 446 g/mol. The van der Waals surface area contributed by atoms with Gasteiger partial charge in [0.1, 0.15) is 0 Å². The molecule has 1 heterocycles. The second-order valence-electron chi connectivity index (χ2n) is 10.6. The molecular weight excluding hydrogens is 400 g/mol. The first-order valence-electron chi connectivity index (χ1n) is 12.6. The SMILES string of the molecule is CC(C)c1ccc(CCCC2CCN(C)CCCC(C)(O)CC[C@H](O)C(C)C(=O)N2)cc1. The lowest BCUT2D eigenvalue weighted by Gasteiger charge is -2.30. The molecule has 1 aliphatic rings. The number of carbonyl (C=O) groups is 1. The molecule has 0 spiro atoms. The van der Waals surface area contributed by atoms with E-state index in [4.69, 9.17) is 0 Å². The molecule has 1 aromatic carbocycles. The van der Waals surface area contributed by atoms with E-state index in [0.29, 0.717) is 25.2 Å². The number of carbonyl (C=O) groups excluding carboxylic acids is 1. The fraction of sp³-hybridized carbons (Fsp3) is 0.741. The normalized spacial score (nSPS) is 29.5. The molecule has 0 aromatic heterocycles. The van der Waals surface area contributed by atoms with E-state index in [9.17, 15) is 15.0 Å². The number of rotatable bonds is 5. The minimum atomic E-state index is -0.794. The molecule has 0 radical (unpaired) electrons. The largest absolute Gasteiger partial charge is 0.392 e. The van der Waals surface area contributed by atoms with E-state index in [-0.39, 0.29) is 11.9 Å². The predicted octanol–water partition coefficient (Wildman–Crippen LogP) is 4.26. The fourth-order valence-electron chi connectivity index (χ4n) is 4.47. The smallest absolute Gasteiger partial charge is 0.225 e. The van der Waals surface area contributed by atoms with Crippen molar-refractivity contribution in [2.45, 2.75) is 103 Å². The highest BCUT2D eigenvalue weighted by Gasteiger charge is 2.28. The number of aliphatic hydroxyl groups excluding tert-OH is 1. The summed E-state index contributed by atoms with van der Waals surface area (Å²) in [6.07, 6.45) is 5.72. The maximum atomic E-state index is 12.8. The Bertz CT molecular complexity index is 687. The summed E-state index contributed by atoms with van der Waals surface area (Å²) in [5, 5.41) is 24.3. The van der Waals surface area contributed by atoms with Crippen LogP contribution in [0.4, 0.5) is 0 Å². The maximum Gasteiger partial charge on any atom is 0.225 e. The summed E-state index contributed by atoms with van der Waals surface area (Å²) >= 11 is 0. The van der Waals surface area contributed by atoms with E-state index in [1.165, 1.54) is 11.1 Å². The van der Waals surface area contributed by atoms with Crippen LogP contribution < -0.4 is 5.32 Å². The molecule has 3 unspecified atom stereocenters. The highest BCUT2D eigenvalue weighted by molar-refractivity contribution is 5.79. The minimum absolute atomic E-state index is 0.0804. The van der Waals surface area contributed by atoms with Crippen LogP contribution in [-0.4, -0.2) is 58.9 Å². The van der Waals surface area contributed by atoms with Crippen LogP contribution in [0.25, 0.3) is 0 Å². The molecule has 0 saturated carbocycles. The van der Waals surface area contributed by atoms with Gasteiger partial charge in [-0.2, -0.15) is 0 Å². The summed E-state index contributed by atoms with van der Waals surface area (Å²) in [5.74, 6) is -0.00914. The van der Waals surface area contributed by atoms with Gasteiger partial charge in [-0.15, -0.1) is 0 Å². The molecule has 5 heteroatoms. The molecule has 5 nitrogen and oxygen atoms in total. The van der Waals surface area contributed by atoms with Crippen LogP contribution >= 0.6 is 0 Å². The van der Waals surface area contributed by atoms with Crippen molar-refractivity contribution in [1.29, 1.82) is 0 Å². The number of hydrogen-bond acceptors (Lipinski definition) is 4. The zero-order valence-electron chi connectivity index (χ0n) is 20.9. The quantitative estimate of drug-likeness (QED) is 0.632. The molecule has 1 fully saturated rings. The van der Waals surface area contributed by atoms with Gasteiger partial charge in [-0.3, -0.25) is 4.79 Å². The first kappa shape index (κ1) is 26.8. The minimum Gasteiger partial charge on any atom is -0.392 e. The number of hydrogen-bond donors (Lipinski definition) is 3. The van der Waals surface area contributed by atoms with Crippen molar-refractivity contribution in [3.8, 4) is 0 Å². The van der Waals surface area contributed by atoms with Gasteiger partial charge in [-0.05, 0) is 95.5 Å². The molecule has 32 heavy (non-hydrogen) atoms. The number of amides is 1. The van der Waals surface area contributed by atoms with E-state index < -0.39 is 17.6 Å². The lowest BCUT2D eigenvalue weighted by molar-refractivity contribution is -0.129. The van der Waals surface area contributed by atoms with Crippen molar-refractivity contribution in [2.75, 3.05) is 20.1 Å². The molecule has 0 bridgehead atoms. The van der Waals surface area contributed by atoms with Gasteiger partial charge in [-0.25, -0.2) is 0 Å². The number of aliphatic hydroxyl groups is 2. The Morgan fingerprint density at radius 1 is 1.16 bits per heavy atom. The Balaban J connectivity index is 1.96. The summed E-state index contributed by atoms with van der Waals surface area (Å²) in [5.41, 5.74) is 1.91. The number of aryl methyl sites for hydroxylation is 1. The van der Waals surface area contributed by atoms with Crippen molar-refractivity contribution >= 4 is 5.91 Å². The lowest BCUT2D eigenvalue weighted by atomic mass is 9.89. The zero-order valence-corrected chi connectivity index (χ0v) is 20.9. The van der Waals surface area contributed by atoms with Crippen molar-refractivity contribution < 1.29 is 15.0 Å². The van der Waals surface area contributed by atoms with E-state index in [1.54, 1.807) is 6.92 Å². The highest BCUT2D eigenvalue weighted by atomic mass is 16.3. The molecule has 3 N–H and O–H groups in total. The average Bonchev–Trinajstić information content (AvgIpc) is 2.74. The fourth-order valence-corrected chi connectivity index (χ4v) is 4.47. The van der Waals surface area contributed by atoms with E-state index in [0.717, 1.165) is 45.2 Å². The third kappa shape index (κ3) is 9.21. The highest BCUT2D eigenvalue weighted by Crippen LogP contribution is 2.23. The second kappa shape index (κ2) is 12.7. The van der Waals surface area contributed by atoms with Crippen molar-refractivity contribution in [2.24, 2.45) is 5.92 Å². The van der Waals surface area contributed by atoms with E-state index in [2.05, 4.69) is 55.4 Å². The van der Waals surface area contributed by atoms with E-state index in [1.807, 2.05) is 6.92 Å². The third-order valence-electron chi connectivity index (χ3n) is 7.09. The van der Waals surface area contributed by atoms with Crippen LogP contribution in [0.15, 0.2) is 24.3 Å². The molecule has 4 atom stereocenters. The summed E-state index contributed by atoms with van der Waals surface area (Å²) in [4.78, 5) is 15.1. The third-order valence-corrected chi connectivity index (χ3v) is 7.09. The topological polar surface area (TPSA) is 72.8 Å². The molecule has 1 aliphatic heterocycles. The van der Waals surface area contributed by atoms with Crippen molar-refractivity contribution in [3.63, 3.8) is 0 Å². The Hall–Kier alpha value is -1.43. The van der Waals surface area contributed by atoms with Crippen LogP contribution in [0, 0.1) is 5.92 Å². The van der Waals surface area contributed by atoms with Crippen molar-refractivity contribution in [3.05, 3.63) is 35.4 Å². The standard InChI is InChI=1S/C27H46N2O3/c1-20(2)23-12-10-22(11-13-23)8-6-9-24-15-19-29(5)18-7-16-27(4,32)17-14-25(30)21(3)26(31)28-24/h10-13,20-21,24-25,30,32H,6-9,14-19H2,1-5H3,(H,28,31)/t21?,24?,25-,27?/m0/s1. The summed E-state index contributed by atoms with van der Waals surface area (Å²) in [7, 11) is 2.11. The summed E-state index contributed by atoms with van der Waals surface area (Å²) in [6, 6.07) is 9.00. The van der Waals surface area contributed by atoms with Gasteiger partial charge in [0.25, 0.3) is 0 Å². The number of nitrogens with zero attached hydrogens (tertiary/aromatic N) is 1. The molecule has 2 rings (SSSR count). The maximum absolute atomic E-state index is 12.8. The number of benzene rings is 1. The molecule has 1 amide bonds. The van der Waals surface area contributed by atoms with Gasteiger partial charge >= 0.3 is 0 Å². The Morgan fingerprint density at radius 3 is 2.50 bits per heavy atom. The summed E-state index contributed by atoms with van der Waals surface area (Å²) < 4.78 is 0. The lowest BCUT2D eigenvalue weighted by Crippen LogP contribution is -2.44. The van der Waals surface area contributed by atoms with Crippen LogP contribution in [0.5, 0.6) is 0 Å². The first-order valence-corrected chi connectivity index (χ1v) is 12.6. The Morgan fingerprint density at radius 2 is 1.84 bits per heavy atom. The van der Waals surface area contributed by atoms with Gasteiger partial charge in [0, 0.05) is 6.04 Å². The van der Waals surface area contributed by atoms with Crippen LogP contribution in [0.3, 0.4) is 0 Å². The van der Waals surface area contributed by atoms with Gasteiger partial charge in [0.05, 0.1) is 17.6 Å². The van der Waals surface area contributed by atoms with Gasteiger partial charge < -0.3 is 20.4 Å². The predicted molar refractivity (Wildman–Crippen MR) is 132 cm³/mol. The Labute approximate surface area is 195 Å². The van der Waals surface area contributed by atoms with Crippen LogP contribution in [0.2, 0.25) is 0 Å². The van der Waals surface area contributed by atoms with Gasteiger partial charge in [0.15, 0.2) is 0 Å². The second-order valence-corrected chi connectivity index (χ2v) is 10.6. The molecule has 1 aromatic rings. The first-order chi connectivity index (χ1) is 15.1. The zero-order chi connectivity index (χ0) is 23.7. The van der Waals surface area contributed by atoms with Crippen LogP contribution in [0.1, 0.15) is 89.7 Å². The van der Waals surface area contributed by atoms with Crippen molar-refractivity contribution in [1.82, 2.24) is 10.2 Å². The van der Waals surface area contributed by atoms with Gasteiger partial charge in [0.2, 0.25) is 5.91 Å². The van der Waals surface area contributed by atoms with Crippen LogP contribution in [-0.2, 0) is 11.2 Å². The summed E-state index contributed by atoms with van der Waals surface area (Å²) in [6.45, 7) is 9.89. The molecular formula is C27H46N2O3.